The van der Waals surface area contributed by atoms with Gasteiger partial charge >= 0.3 is 0 Å². The number of rotatable bonds is 16. The van der Waals surface area contributed by atoms with E-state index in [0.717, 1.165) is 29.0 Å². The largest absolute Gasteiger partial charge is 0.494 e. The molecule has 5 saturated heterocycles. The molecule has 5 atom stereocenters. The molecule has 0 bridgehead atoms. The third-order valence-corrected chi connectivity index (χ3v) is 23.2. The van der Waals surface area contributed by atoms with Gasteiger partial charge in [0.25, 0.3) is 0 Å². The highest BCUT2D eigenvalue weighted by atomic mass is 35.5. The lowest BCUT2D eigenvalue weighted by atomic mass is 9.92. The summed E-state index contributed by atoms with van der Waals surface area (Å²) < 4.78 is 72.5. The molecule has 0 aliphatic carbocycles. The maximum atomic E-state index is 14.0. The maximum Gasteiger partial charge on any atom is 0.249 e. The smallest absolute Gasteiger partial charge is 0.249 e. The number of nitrogens with zero attached hydrogens (tertiary/aromatic N) is 10. The highest BCUT2D eigenvalue weighted by molar-refractivity contribution is 6.32. The van der Waals surface area contributed by atoms with E-state index in [4.69, 9.17) is 73.8 Å². The van der Waals surface area contributed by atoms with Crippen molar-refractivity contribution in [2.24, 2.45) is 0 Å². The van der Waals surface area contributed by atoms with Crippen LogP contribution in [0.2, 0.25) is 20.1 Å². The summed E-state index contributed by atoms with van der Waals surface area (Å²) in [4.78, 5) is 132. The molecule has 5 aliphatic heterocycles. The first-order valence-electron chi connectivity index (χ1n) is 42.1. The molecule has 10 heterocycles. The van der Waals surface area contributed by atoms with E-state index in [0.29, 0.717) is 112 Å². The summed E-state index contributed by atoms with van der Waals surface area (Å²) in [6.07, 6.45) is 3.15. The Morgan fingerprint density at radius 1 is 0.336 bits per heavy atom. The fourth-order valence-electron chi connectivity index (χ4n) is 14.4. The number of halogens is 7. The lowest BCUT2D eigenvalue weighted by Crippen LogP contribution is -2.41. The van der Waals surface area contributed by atoms with Gasteiger partial charge in [-0.3, -0.25) is 88.4 Å². The van der Waals surface area contributed by atoms with Crippen molar-refractivity contribution in [3.8, 4) is 5.75 Å². The molecule has 5 fully saturated rings. The Labute approximate surface area is 774 Å². The van der Waals surface area contributed by atoms with Gasteiger partial charge in [0.1, 0.15) is 53.4 Å². The normalized spacial score (nSPS) is 17.6. The van der Waals surface area contributed by atoms with E-state index in [9.17, 15) is 61.1 Å². The number of amides is 10. The standard InChI is InChI=1S/2C19H22ClN3O3.C19H22FN3O4.2C18H19ClFN3O3/c1-11-9-12(5-6-13(11)20)23-14(7-8-17(23)24)18(25)21-16-10-15(26-22-16)19(2,3)4;1-11-9-12(5-6-13(11)20)23-14(7-8-17(23)24)18(25)21-16-10-15(22-26-16)19(2,3)4;1-19(2,3)15-10-16(27-22-15)21-18(25)13-6-8-17(24)23(13)11-5-7-14(26-4)12(20)9-11;1-18(2,3)14-9-15(22-26-14)21-17(25)13-6-7-16(24)23(13)10-4-5-11(19)12(20)8-10;1-18(2,3)14-9-15(26-22-14)21-17(25)13-6-7-16(24)23(13)10-4-5-11(19)12(20)8-10/h5-6,9-10,14H,7-8H2,1-4H3,(H,21,22,25);5-6,9-10,14H,7-8H2,1-4H3,(H,21,25);5,7,9-10,13H,6,8H2,1-4H3,(H,21,25);4-5,8-9,13H,6-7H2,1-3H3,(H,21,22,25);4-5,8-9,13H,6-7H2,1-3H3,(H,21,25)/t2*14-;3*13-/m00000/s1. The molecule has 5 N–H and O–H groups in total. The Hall–Kier alpha value is -12.4. The molecule has 131 heavy (non-hydrogen) atoms. The molecule has 0 spiro atoms. The first kappa shape index (κ1) is 99.2. The van der Waals surface area contributed by atoms with E-state index in [1.807, 2.05) is 130 Å². The van der Waals surface area contributed by atoms with Crippen molar-refractivity contribution in [2.75, 3.05) is 58.2 Å². The fraction of sp³-hybridized carbons (Fsp3) is 0.409. The van der Waals surface area contributed by atoms with Crippen molar-refractivity contribution in [3.05, 3.63) is 199 Å². The highest BCUT2D eigenvalue weighted by Gasteiger charge is 2.44. The number of aromatic nitrogens is 5. The molecule has 5 aromatic heterocycles. The van der Waals surface area contributed by atoms with Gasteiger partial charge in [-0.15, -0.1) is 0 Å². The van der Waals surface area contributed by atoms with Crippen molar-refractivity contribution in [1.82, 2.24) is 25.8 Å². The summed E-state index contributed by atoms with van der Waals surface area (Å²) in [6.45, 7) is 33.5. The van der Waals surface area contributed by atoms with Crippen LogP contribution in [0.25, 0.3) is 0 Å². The number of benzene rings is 5. The van der Waals surface area contributed by atoms with Crippen LogP contribution in [0.4, 0.5) is 70.9 Å². The van der Waals surface area contributed by atoms with E-state index in [1.165, 1.54) is 68.0 Å². The topological polar surface area (TPSA) is 386 Å². The summed E-state index contributed by atoms with van der Waals surface area (Å²) in [5.41, 5.74) is 5.04. The van der Waals surface area contributed by atoms with Crippen LogP contribution in [0.15, 0.2) is 144 Å². The Bertz CT molecular complexity index is 5390. The van der Waals surface area contributed by atoms with Gasteiger partial charge in [0.05, 0.1) is 34.2 Å². The second kappa shape index (κ2) is 40.5. The van der Waals surface area contributed by atoms with E-state index < -0.39 is 65.4 Å². The zero-order chi connectivity index (χ0) is 96.0. The minimum atomic E-state index is -0.758. The van der Waals surface area contributed by atoms with Gasteiger partial charge in [0, 0.05) is 134 Å². The zero-order valence-electron chi connectivity index (χ0n) is 75.7. The minimum absolute atomic E-state index is 0.0429. The number of carbonyl (C=O) groups is 10. The van der Waals surface area contributed by atoms with Crippen LogP contribution >= 0.6 is 46.4 Å². The third kappa shape index (κ3) is 24.2. The molecule has 10 amide bonds. The SMILES string of the molecule is CC(C)(C)c1cc(NC(=O)[C@@H]2CCC(=O)N2c2ccc(Cl)c(F)c2)no1.CC(C)(C)c1cc(NC(=O)[C@@H]2CCC(=O)N2c2ccc(Cl)c(F)c2)on1.COc1ccc(N2C(=O)CC[C@H]2C(=O)Nc2cc(C(C)(C)C)no2)cc1F.Cc1cc(N2C(=O)CC[C@H]2C(=O)Nc2cc(C(C)(C)C)no2)ccc1Cl.Cc1cc(N2C(=O)CC[C@H]2C(=O)Nc2cc(C(C)(C)C)on2)ccc1Cl. The van der Waals surface area contributed by atoms with Gasteiger partial charge in [-0.1, -0.05) is 176 Å². The molecular weight excluding hydrogens is 1780 g/mol. The lowest BCUT2D eigenvalue weighted by Gasteiger charge is -2.24. The van der Waals surface area contributed by atoms with Crippen molar-refractivity contribution >= 4 is 163 Å². The Balaban J connectivity index is 0.000000158. The Morgan fingerprint density at radius 3 is 0.817 bits per heavy atom. The van der Waals surface area contributed by atoms with Crippen molar-refractivity contribution in [1.29, 1.82) is 0 Å². The molecule has 696 valence electrons. The van der Waals surface area contributed by atoms with Crippen molar-refractivity contribution in [3.63, 3.8) is 0 Å². The van der Waals surface area contributed by atoms with Gasteiger partial charge in [0.2, 0.25) is 76.7 Å². The summed E-state index contributed by atoms with van der Waals surface area (Å²) in [6, 6.07) is 27.8. The molecule has 10 aromatic rings. The van der Waals surface area contributed by atoms with E-state index >= 15 is 0 Å². The van der Waals surface area contributed by atoms with Gasteiger partial charge in [-0.25, -0.2) is 13.2 Å². The van der Waals surface area contributed by atoms with Crippen LogP contribution in [0.3, 0.4) is 0 Å². The van der Waals surface area contributed by atoms with E-state index in [-0.39, 0.29) is 127 Å². The van der Waals surface area contributed by atoms with Crippen LogP contribution in [-0.4, -0.2) is 122 Å². The average Bonchev–Trinajstić information content (AvgIpc) is 1.68. The van der Waals surface area contributed by atoms with E-state index in [2.05, 4.69) is 52.4 Å². The molecule has 38 heteroatoms. The molecule has 0 saturated carbocycles. The zero-order valence-corrected chi connectivity index (χ0v) is 78.7. The summed E-state index contributed by atoms with van der Waals surface area (Å²) in [5.74, 6) is -1.87. The molecule has 5 aliphatic rings. The number of anilines is 10. The molecule has 5 aromatic carbocycles. The van der Waals surface area contributed by atoms with Crippen LogP contribution < -0.4 is 55.8 Å². The number of hydrogen-bond acceptors (Lipinski definition) is 21. The van der Waals surface area contributed by atoms with Crippen molar-refractivity contribution in [2.45, 2.75) is 239 Å². The van der Waals surface area contributed by atoms with Crippen LogP contribution in [0.5, 0.6) is 5.75 Å². The monoisotopic (exact) mass is 1880 g/mol. The van der Waals surface area contributed by atoms with Crippen molar-refractivity contribution < 1.29 is 88.5 Å². The molecule has 31 nitrogen and oxygen atoms in total. The fourth-order valence-corrected chi connectivity index (χ4v) is 14.9. The third-order valence-electron chi connectivity index (χ3n) is 21.8. The number of methoxy groups -OCH3 is 1. The minimum Gasteiger partial charge on any atom is -0.494 e. The Morgan fingerprint density at radius 2 is 0.588 bits per heavy atom. The van der Waals surface area contributed by atoms with Gasteiger partial charge < -0.3 is 38.0 Å². The van der Waals surface area contributed by atoms with Crippen LogP contribution in [-0.2, 0) is 75.0 Å². The number of carbonyl (C=O) groups excluding carboxylic acids is 10. The first-order chi connectivity index (χ1) is 61.4. The Kier molecular flexibility index (Phi) is 30.7. The average molecular weight is 1890 g/mol. The second-order valence-electron chi connectivity index (χ2n) is 37.1. The lowest BCUT2D eigenvalue weighted by molar-refractivity contribution is -0.120. The van der Waals surface area contributed by atoms with Crippen LogP contribution in [0, 0.1) is 31.3 Å². The molecular formula is C93H104Cl4F3N15O16. The summed E-state index contributed by atoms with van der Waals surface area (Å²) >= 11 is 23.5. The summed E-state index contributed by atoms with van der Waals surface area (Å²) in [7, 11) is 1.36. The molecule has 15 rings (SSSR count). The molecule has 0 unspecified atom stereocenters. The quantitative estimate of drug-likeness (QED) is 0.0600. The number of hydrogen-bond donors (Lipinski definition) is 5. The second-order valence-corrected chi connectivity index (χ2v) is 38.7. The molecule has 0 radical (unpaired) electrons. The van der Waals surface area contributed by atoms with Gasteiger partial charge in [-0.05, 0) is 142 Å². The van der Waals surface area contributed by atoms with Gasteiger partial charge in [0.15, 0.2) is 23.2 Å². The maximum absolute atomic E-state index is 14.0. The van der Waals surface area contributed by atoms with Crippen LogP contribution in [0.1, 0.15) is 208 Å². The first-order valence-corrected chi connectivity index (χ1v) is 43.6. The number of ether oxygens (including phenoxy) is 1. The number of aryl methyl sites for hydroxylation is 2. The predicted octanol–water partition coefficient (Wildman–Crippen LogP) is 19.2. The predicted molar refractivity (Wildman–Crippen MR) is 490 cm³/mol. The van der Waals surface area contributed by atoms with Gasteiger partial charge in [-0.2, -0.15) is 0 Å². The van der Waals surface area contributed by atoms with E-state index in [1.54, 1.807) is 60.7 Å². The number of nitrogens with one attached hydrogen (secondary N) is 5. The highest BCUT2D eigenvalue weighted by Crippen LogP contribution is 2.39. The summed E-state index contributed by atoms with van der Waals surface area (Å²) in [5, 5.41) is 34.3.